The summed E-state index contributed by atoms with van der Waals surface area (Å²) < 4.78 is 22.6. The zero-order chi connectivity index (χ0) is 14.0. The van der Waals surface area contributed by atoms with E-state index in [1.165, 1.54) is 6.07 Å². The zero-order valence-corrected chi connectivity index (χ0v) is 11.7. The molecule has 0 saturated carbocycles. The van der Waals surface area contributed by atoms with Gasteiger partial charge < -0.3 is 4.90 Å². The summed E-state index contributed by atoms with van der Waals surface area (Å²) in [7, 11) is -3.68. The maximum Gasteiger partial charge on any atom is 0.238 e. The Labute approximate surface area is 113 Å². The van der Waals surface area contributed by atoms with Crippen molar-refractivity contribution in [3.63, 3.8) is 0 Å². The predicted octanol–water partition coefficient (Wildman–Crippen LogP) is 1.41. The molecule has 6 heteroatoms. The van der Waals surface area contributed by atoms with Gasteiger partial charge in [0.2, 0.25) is 15.9 Å². The highest BCUT2D eigenvalue weighted by Crippen LogP contribution is 2.30. The van der Waals surface area contributed by atoms with Crippen LogP contribution in [0.2, 0.25) is 0 Å². The number of rotatable bonds is 4. The molecule has 0 fully saturated rings. The summed E-state index contributed by atoms with van der Waals surface area (Å²) in [6.07, 6.45) is 3.07. The van der Waals surface area contributed by atoms with Crippen LogP contribution in [0.25, 0.3) is 0 Å². The topological polar surface area (TPSA) is 80.5 Å². The first-order valence-electron chi connectivity index (χ1n) is 6.39. The summed E-state index contributed by atoms with van der Waals surface area (Å²) in [6, 6.07) is 4.70. The third kappa shape index (κ3) is 2.96. The zero-order valence-electron chi connectivity index (χ0n) is 10.9. The van der Waals surface area contributed by atoms with Gasteiger partial charge in [0.05, 0.1) is 4.90 Å². The second-order valence-corrected chi connectivity index (χ2v) is 6.30. The number of nitrogens with two attached hydrogens (primary N) is 1. The molecule has 1 aliphatic rings. The van der Waals surface area contributed by atoms with Crippen molar-refractivity contribution in [3.05, 3.63) is 23.8 Å². The van der Waals surface area contributed by atoms with Crippen LogP contribution in [0, 0.1) is 0 Å². The fourth-order valence-corrected chi connectivity index (χ4v) is 2.84. The molecule has 2 N–H and O–H groups in total. The molecule has 1 heterocycles. The lowest BCUT2D eigenvalue weighted by Crippen LogP contribution is -2.28. The molecule has 0 radical (unpaired) electrons. The van der Waals surface area contributed by atoms with Crippen molar-refractivity contribution in [1.82, 2.24) is 0 Å². The molecule has 0 spiro atoms. The summed E-state index contributed by atoms with van der Waals surface area (Å²) in [6.45, 7) is 2.66. The number of nitrogens with zero attached hydrogens (tertiary/aromatic N) is 1. The number of carbonyl (C=O) groups is 1. The summed E-state index contributed by atoms with van der Waals surface area (Å²) in [5.41, 5.74) is 1.69. The number of sulfonamides is 1. The van der Waals surface area contributed by atoms with E-state index < -0.39 is 10.0 Å². The second kappa shape index (κ2) is 5.30. The quantitative estimate of drug-likeness (QED) is 0.906. The van der Waals surface area contributed by atoms with Crippen molar-refractivity contribution >= 4 is 21.6 Å². The van der Waals surface area contributed by atoms with Crippen LogP contribution in [-0.2, 0) is 21.2 Å². The summed E-state index contributed by atoms with van der Waals surface area (Å²) >= 11 is 0. The number of benzene rings is 1. The van der Waals surface area contributed by atoms with Crippen LogP contribution >= 0.6 is 0 Å². The number of unbranched alkanes of at least 4 members (excludes halogenated alkanes) is 1. The molecule has 5 nitrogen and oxygen atoms in total. The summed E-state index contributed by atoms with van der Waals surface area (Å²) in [4.78, 5) is 13.9. The van der Waals surface area contributed by atoms with Gasteiger partial charge in [-0.15, -0.1) is 0 Å². The lowest BCUT2D eigenvalue weighted by molar-refractivity contribution is -0.118. The van der Waals surface area contributed by atoms with Gasteiger partial charge in [-0.3, -0.25) is 4.79 Å². The van der Waals surface area contributed by atoms with Crippen LogP contribution in [0.5, 0.6) is 0 Å². The highest BCUT2D eigenvalue weighted by Gasteiger charge is 2.25. The van der Waals surface area contributed by atoms with Crippen LogP contribution in [0.4, 0.5) is 5.69 Å². The van der Waals surface area contributed by atoms with E-state index in [0.29, 0.717) is 19.4 Å². The van der Waals surface area contributed by atoms with Gasteiger partial charge in [-0.25, -0.2) is 13.6 Å². The third-order valence-electron chi connectivity index (χ3n) is 3.32. The molecule has 0 unspecified atom stereocenters. The highest BCUT2D eigenvalue weighted by molar-refractivity contribution is 7.89. The molecule has 2 rings (SSSR count). The van der Waals surface area contributed by atoms with Gasteiger partial charge in [-0.05, 0) is 36.6 Å². The van der Waals surface area contributed by atoms with E-state index in [-0.39, 0.29) is 10.8 Å². The number of anilines is 1. The molecule has 0 bridgehead atoms. The summed E-state index contributed by atoms with van der Waals surface area (Å²) in [5.74, 6) is 0.101. The van der Waals surface area contributed by atoms with Crippen molar-refractivity contribution in [1.29, 1.82) is 0 Å². The fraction of sp³-hybridized carbons (Fsp3) is 0.462. The Balaban J connectivity index is 2.25. The SMILES string of the molecule is CCCCC(=O)N1CCc2cc(S(N)(=O)=O)ccc21. The van der Waals surface area contributed by atoms with Crippen LogP contribution < -0.4 is 10.0 Å². The smallest absolute Gasteiger partial charge is 0.238 e. The number of hydrogen-bond donors (Lipinski definition) is 1. The number of fused-ring (bicyclic) bond motifs is 1. The van der Waals surface area contributed by atoms with Crippen molar-refractivity contribution in [3.8, 4) is 0 Å². The molecule has 0 atom stereocenters. The van der Waals surface area contributed by atoms with E-state index in [0.717, 1.165) is 24.1 Å². The Morgan fingerprint density at radius 1 is 1.42 bits per heavy atom. The number of hydrogen-bond acceptors (Lipinski definition) is 3. The van der Waals surface area contributed by atoms with Crippen LogP contribution in [0.15, 0.2) is 23.1 Å². The first-order valence-corrected chi connectivity index (χ1v) is 7.94. The Morgan fingerprint density at radius 2 is 2.16 bits per heavy atom. The third-order valence-corrected chi connectivity index (χ3v) is 4.23. The lowest BCUT2D eigenvalue weighted by Gasteiger charge is -2.17. The Bertz CT molecular complexity index is 596. The average molecular weight is 282 g/mol. The first kappa shape index (κ1) is 14.0. The average Bonchev–Trinajstić information content (AvgIpc) is 2.77. The van der Waals surface area contributed by atoms with E-state index in [1.807, 2.05) is 6.92 Å². The van der Waals surface area contributed by atoms with Crippen LogP contribution in [0.3, 0.4) is 0 Å². The monoisotopic (exact) mass is 282 g/mol. The Morgan fingerprint density at radius 3 is 2.79 bits per heavy atom. The van der Waals surface area contributed by atoms with Gasteiger partial charge in [-0.1, -0.05) is 13.3 Å². The van der Waals surface area contributed by atoms with Crippen molar-refractivity contribution < 1.29 is 13.2 Å². The van der Waals surface area contributed by atoms with Gasteiger partial charge >= 0.3 is 0 Å². The van der Waals surface area contributed by atoms with Gasteiger partial charge in [0.15, 0.2) is 0 Å². The van der Waals surface area contributed by atoms with Crippen LogP contribution in [0.1, 0.15) is 31.7 Å². The minimum absolute atomic E-state index is 0.101. The normalized spacial score (nSPS) is 14.5. The number of carbonyl (C=O) groups excluding carboxylic acids is 1. The van der Waals surface area contributed by atoms with Crippen molar-refractivity contribution in [2.75, 3.05) is 11.4 Å². The van der Waals surface area contributed by atoms with Gasteiger partial charge in [0.25, 0.3) is 0 Å². The molecule has 1 aliphatic heterocycles. The largest absolute Gasteiger partial charge is 0.312 e. The minimum atomic E-state index is -3.68. The number of amides is 1. The molecule has 1 aromatic rings. The lowest BCUT2D eigenvalue weighted by atomic mass is 10.2. The molecule has 104 valence electrons. The van der Waals surface area contributed by atoms with Crippen molar-refractivity contribution in [2.45, 2.75) is 37.5 Å². The standard InChI is InChI=1S/C13H18N2O3S/c1-2-3-4-13(16)15-8-7-10-9-11(19(14,17)18)5-6-12(10)15/h5-6,9H,2-4,7-8H2,1H3,(H2,14,17,18). The van der Waals surface area contributed by atoms with Crippen molar-refractivity contribution in [2.24, 2.45) is 5.14 Å². The van der Waals surface area contributed by atoms with E-state index in [2.05, 4.69) is 0 Å². The molecular formula is C13H18N2O3S. The van der Waals surface area contributed by atoms with Crippen LogP contribution in [-0.4, -0.2) is 20.9 Å². The van der Waals surface area contributed by atoms with Gasteiger partial charge in [-0.2, -0.15) is 0 Å². The second-order valence-electron chi connectivity index (χ2n) is 4.73. The van der Waals surface area contributed by atoms with E-state index in [9.17, 15) is 13.2 Å². The molecule has 1 amide bonds. The molecule has 1 aromatic carbocycles. The Hall–Kier alpha value is -1.40. The maximum atomic E-state index is 12.0. The van der Waals surface area contributed by atoms with Gasteiger partial charge in [0, 0.05) is 18.7 Å². The first-order chi connectivity index (χ1) is 8.93. The summed E-state index contributed by atoms with van der Waals surface area (Å²) in [5, 5.41) is 5.10. The maximum absolute atomic E-state index is 12.0. The van der Waals surface area contributed by atoms with Gasteiger partial charge in [0.1, 0.15) is 0 Å². The minimum Gasteiger partial charge on any atom is -0.312 e. The highest BCUT2D eigenvalue weighted by atomic mass is 32.2. The van der Waals surface area contributed by atoms with E-state index in [1.54, 1.807) is 17.0 Å². The fourth-order valence-electron chi connectivity index (χ4n) is 2.28. The molecule has 0 aliphatic carbocycles. The Kier molecular flexibility index (Phi) is 3.91. The molecular weight excluding hydrogens is 264 g/mol. The molecule has 0 aromatic heterocycles. The number of primary sulfonamides is 1. The predicted molar refractivity (Wildman–Crippen MR) is 73.4 cm³/mol. The molecule has 19 heavy (non-hydrogen) atoms. The van der Waals surface area contributed by atoms with E-state index in [4.69, 9.17) is 5.14 Å². The van der Waals surface area contributed by atoms with E-state index >= 15 is 0 Å². The molecule has 0 saturated heterocycles.